The average molecular weight is 237 g/mol. The van der Waals surface area contributed by atoms with Crippen LogP contribution in [0.4, 0.5) is 0 Å². The summed E-state index contributed by atoms with van der Waals surface area (Å²) in [6, 6.07) is 9.75. The van der Waals surface area contributed by atoms with Crippen LogP contribution in [-0.2, 0) is 12.4 Å². The number of thiol groups is 1. The van der Waals surface area contributed by atoms with Crippen molar-refractivity contribution in [1.82, 2.24) is 4.98 Å². The lowest BCUT2D eigenvalue weighted by atomic mass is 10.3. The molecule has 15 heavy (non-hydrogen) atoms. The maximum Gasteiger partial charge on any atom is 0.140 e. The molecule has 78 valence electrons. The topological polar surface area (TPSA) is 22.1 Å². The number of hydrogen-bond donors (Lipinski definition) is 1. The molecule has 0 N–H and O–H groups in total. The lowest BCUT2D eigenvalue weighted by molar-refractivity contribution is 0.305. The van der Waals surface area contributed by atoms with Crippen LogP contribution in [0.15, 0.2) is 35.7 Å². The van der Waals surface area contributed by atoms with Crippen molar-refractivity contribution in [3.05, 3.63) is 46.4 Å². The molecule has 2 rings (SSSR count). The van der Waals surface area contributed by atoms with Crippen molar-refractivity contribution in [2.75, 3.05) is 0 Å². The number of thiazole rings is 1. The average Bonchev–Trinajstić information content (AvgIpc) is 2.76. The first kappa shape index (κ1) is 10.5. The first-order chi connectivity index (χ1) is 7.38. The molecule has 0 aliphatic rings. The second-order valence-electron chi connectivity index (χ2n) is 2.99. The largest absolute Gasteiger partial charge is 0.486 e. The van der Waals surface area contributed by atoms with Crippen LogP contribution >= 0.6 is 24.0 Å². The minimum atomic E-state index is 0.530. The molecule has 0 atom stereocenters. The predicted octanol–water partition coefficient (Wildman–Crippen LogP) is 3.15. The molecule has 1 aromatic heterocycles. The summed E-state index contributed by atoms with van der Waals surface area (Å²) in [5.74, 6) is 1.56. The zero-order valence-corrected chi connectivity index (χ0v) is 9.80. The van der Waals surface area contributed by atoms with Crippen LogP contribution < -0.4 is 4.74 Å². The molecule has 0 amide bonds. The first-order valence-electron chi connectivity index (χ1n) is 4.60. The van der Waals surface area contributed by atoms with Gasteiger partial charge in [0.05, 0.1) is 5.69 Å². The fourth-order valence-corrected chi connectivity index (χ4v) is 2.14. The van der Waals surface area contributed by atoms with E-state index in [1.165, 1.54) is 0 Å². The molecular weight excluding hydrogens is 226 g/mol. The van der Waals surface area contributed by atoms with E-state index in [4.69, 9.17) is 4.74 Å². The van der Waals surface area contributed by atoms with E-state index in [0.717, 1.165) is 16.5 Å². The molecular formula is C11H11NOS2. The molecule has 0 aliphatic carbocycles. The summed E-state index contributed by atoms with van der Waals surface area (Å²) in [5, 5.41) is 3.00. The Kier molecular flexibility index (Phi) is 3.64. The van der Waals surface area contributed by atoms with Crippen molar-refractivity contribution in [1.29, 1.82) is 0 Å². The van der Waals surface area contributed by atoms with Gasteiger partial charge in [-0.2, -0.15) is 12.6 Å². The molecule has 4 heteroatoms. The molecule has 0 saturated carbocycles. The Hall–Kier alpha value is -1.00. The lowest BCUT2D eigenvalue weighted by Gasteiger charge is -2.02. The molecule has 2 aromatic rings. The van der Waals surface area contributed by atoms with Gasteiger partial charge in [-0.15, -0.1) is 11.3 Å². The van der Waals surface area contributed by atoms with Gasteiger partial charge in [-0.25, -0.2) is 4.98 Å². The van der Waals surface area contributed by atoms with E-state index in [9.17, 15) is 0 Å². The zero-order valence-electron chi connectivity index (χ0n) is 8.09. The van der Waals surface area contributed by atoms with Gasteiger partial charge in [-0.3, -0.25) is 0 Å². The monoisotopic (exact) mass is 237 g/mol. The predicted molar refractivity (Wildman–Crippen MR) is 65.6 cm³/mol. The molecule has 0 fully saturated rings. The standard InChI is InChI=1S/C11H11NOS2/c14-7-9-8-15-11(12-9)6-13-10-4-2-1-3-5-10/h1-5,8,14H,6-7H2. The molecule has 0 aliphatic heterocycles. The number of benzene rings is 1. The van der Waals surface area contributed by atoms with Gasteiger partial charge in [0, 0.05) is 11.1 Å². The minimum Gasteiger partial charge on any atom is -0.486 e. The van der Waals surface area contributed by atoms with Gasteiger partial charge in [-0.05, 0) is 12.1 Å². The van der Waals surface area contributed by atoms with E-state index in [1.54, 1.807) is 11.3 Å². The molecule has 2 nitrogen and oxygen atoms in total. The van der Waals surface area contributed by atoms with E-state index in [2.05, 4.69) is 17.6 Å². The molecule has 0 saturated heterocycles. The number of hydrogen-bond acceptors (Lipinski definition) is 4. The highest BCUT2D eigenvalue weighted by molar-refractivity contribution is 7.79. The Morgan fingerprint density at radius 3 is 2.73 bits per heavy atom. The number of nitrogens with zero attached hydrogens (tertiary/aromatic N) is 1. The third-order valence-electron chi connectivity index (χ3n) is 1.87. The molecule has 0 bridgehead atoms. The van der Waals surface area contributed by atoms with Gasteiger partial charge in [0.2, 0.25) is 0 Å². The fraction of sp³-hybridized carbons (Fsp3) is 0.182. The van der Waals surface area contributed by atoms with Gasteiger partial charge >= 0.3 is 0 Å². The number of para-hydroxylation sites is 1. The van der Waals surface area contributed by atoms with E-state index >= 15 is 0 Å². The summed E-state index contributed by atoms with van der Waals surface area (Å²) in [6.45, 7) is 0.530. The lowest BCUT2D eigenvalue weighted by Crippen LogP contribution is -1.94. The number of ether oxygens (including phenoxy) is 1. The van der Waals surface area contributed by atoms with Gasteiger partial charge in [0.25, 0.3) is 0 Å². The van der Waals surface area contributed by atoms with Gasteiger partial charge in [-0.1, -0.05) is 18.2 Å². The second-order valence-corrected chi connectivity index (χ2v) is 4.25. The smallest absolute Gasteiger partial charge is 0.140 e. The maximum atomic E-state index is 5.57. The van der Waals surface area contributed by atoms with Crippen LogP contribution in [0, 0.1) is 0 Å². The van der Waals surface area contributed by atoms with Crippen LogP contribution in [0.1, 0.15) is 10.7 Å². The molecule has 0 radical (unpaired) electrons. The van der Waals surface area contributed by atoms with Gasteiger partial charge in [0.1, 0.15) is 17.4 Å². The molecule has 1 heterocycles. The quantitative estimate of drug-likeness (QED) is 0.825. The van der Waals surface area contributed by atoms with Crippen molar-refractivity contribution >= 4 is 24.0 Å². The van der Waals surface area contributed by atoms with E-state index in [-0.39, 0.29) is 0 Å². The first-order valence-corrected chi connectivity index (χ1v) is 6.11. The third-order valence-corrected chi connectivity index (χ3v) is 3.06. The highest BCUT2D eigenvalue weighted by Gasteiger charge is 2.01. The van der Waals surface area contributed by atoms with Crippen LogP contribution in [0.5, 0.6) is 5.75 Å². The maximum absolute atomic E-state index is 5.57. The highest BCUT2D eigenvalue weighted by atomic mass is 32.1. The SMILES string of the molecule is SCc1csc(COc2ccccc2)n1. The summed E-state index contributed by atoms with van der Waals surface area (Å²) < 4.78 is 5.57. The van der Waals surface area contributed by atoms with Crippen molar-refractivity contribution < 1.29 is 4.74 Å². The Labute approximate surface area is 98.3 Å². The number of aromatic nitrogens is 1. The second kappa shape index (κ2) is 5.19. The minimum absolute atomic E-state index is 0.530. The Morgan fingerprint density at radius 1 is 1.27 bits per heavy atom. The Morgan fingerprint density at radius 2 is 2.07 bits per heavy atom. The van der Waals surface area contributed by atoms with E-state index < -0.39 is 0 Å². The summed E-state index contributed by atoms with van der Waals surface area (Å²) in [6.07, 6.45) is 0. The molecule has 0 unspecified atom stereocenters. The third kappa shape index (κ3) is 2.97. The van der Waals surface area contributed by atoms with Crippen molar-refractivity contribution in [2.45, 2.75) is 12.4 Å². The molecule has 1 aromatic carbocycles. The Balaban J connectivity index is 1.93. The van der Waals surface area contributed by atoms with Crippen molar-refractivity contribution in [2.24, 2.45) is 0 Å². The fourth-order valence-electron chi connectivity index (χ4n) is 1.15. The normalized spacial score (nSPS) is 10.2. The van der Waals surface area contributed by atoms with E-state index in [0.29, 0.717) is 12.4 Å². The number of rotatable bonds is 4. The van der Waals surface area contributed by atoms with E-state index in [1.807, 2.05) is 35.7 Å². The van der Waals surface area contributed by atoms with Crippen molar-refractivity contribution in [3.8, 4) is 5.75 Å². The summed E-state index contributed by atoms with van der Waals surface area (Å²) in [4.78, 5) is 4.36. The van der Waals surface area contributed by atoms with Gasteiger partial charge < -0.3 is 4.74 Å². The zero-order chi connectivity index (χ0) is 10.5. The summed E-state index contributed by atoms with van der Waals surface area (Å²) in [7, 11) is 0. The van der Waals surface area contributed by atoms with Crippen LogP contribution in [-0.4, -0.2) is 4.98 Å². The van der Waals surface area contributed by atoms with Crippen molar-refractivity contribution in [3.63, 3.8) is 0 Å². The molecule has 0 spiro atoms. The summed E-state index contributed by atoms with van der Waals surface area (Å²) >= 11 is 5.77. The highest BCUT2D eigenvalue weighted by Crippen LogP contribution is 2.15. The van der Waals surface area contributed by atoms with Crippen LogP contribution in [0.2, 0.25) is 0 Å². The van der Waals surface area contributed by atoms with Crippen LogP contribution in [0.3, 0.4) is 0 Å². The summed E-state index contributed by atoms with van der Waals surface area (Å²) in [5.41, 5.74) is 1.01. The van der Waals surface area contributed by atoms with Gasteiger partial charge in [0.15, 0.2) is 0 Å². The Bertz CT molecular complexity index is 414. The van der Waals surface area contributed by atoms with Crippen LogP contribution in [0.25, 0.3) is 0 Å².